The lowest BCUT2D eigenvalue weighted by Crippen LogP contribution is -2.32. The summed E-state index contributed by atoms with van der Waals surface area (Å²) in [7, 11) is 0. The van der Waals surface area contributed by atoms with Crippen LogP contribution in [0.15, 0.2) is 48.5 Å². The first-order chi connectivity index (χ1) is 11.0. The smallest absolute Gasteiger partial charge is 0.268 e. The molecule has 5 nitrogen and oxygen atoms in total. The Morgan fingerprint density at radius 2 is 1.78 bits per heavy atom. The molecule has 23 heavy (non-hydrogen) atoms. The van der Waals surface area contributed by atoms with Gasteiger partial charge in [0.05, 0.1) is 0 Å². The highest BCUT2D eigenvalue weighted by atomic mass is 35.5. The molecule has 1 heterocycles. The van der Waals surface area contributed by atoms with Gasteiger partial charge in [0, 0.05) is 29.2 Å². The van der Waals surface area contributed by atoms with Crippen LogP contribution in [0.25, 0.3) is 0 Å². The van der Waals surface area contributed by atoms with Crippen molar-refractivity contribution in [2.45, 2.75) is 12.5 Å². The van der Waals surface area contributed by atoms with Gasteiger partial charge < -0.3 is 15.4 Å². The van der Waals surface area contributed by atoms with E-state index in [1.807, 2.05) is 12.1 Å². The number of hydrogen-bond donors (Lipinski definition) is 1. The highest BCUT2D eigenvalue weighted by molar-refractivity contribution is 6.30. The van der Waals surface area contributed by atoms with E-state index in [1.54, 1.807) is 41.3 Å². The van der Waals surface area contributed by atoms with Crippen molar-refractivity contribution in [3.05, 3.63) is 59.1 Å². The first kappa shape index (κ1) is 15.4. The lowest BCUT2D eigenvalue weighted by atomic mass is 10.2. The Hall–Kier alpha value is -2.53. The fourth-order valence-electron chi connectivity index (χ4n) is 2.50. The number of nitrogens with zero attached hydrogens (tertiary/aromatic N) is 1. The summed E-state index contributed by atoms with van der Waals surface area (Å²) < 4.78 is 5.73. The van der Waals surface area contributed by atoms with Crippen LogP contribution in [0, 0.1) is 0 Å². The van der Waals surface area contributed by atoms with Gasteiger partial charge in [0.1, 0.15) is 5.75 Å². The molecule has 2 N–H and O–H groups in total. The molecule has 0 aromatic heterocycles. The molecule has 0 bridgehead atoms. The standard InChI is InChI=1S/C17H15ClN2O3/c18-12-3-5-13(6-4-12)20-10-9-15(17(20)22)23-14-7-1-11(2-8-14)16(19)21/h1-8,15H,9-10H2,(H2,19,21)/t15-/m0/s1. The molecular formula is C17H15ClN2O3. The maximum Gasteiger partial charge on any atom is 0.268 e. The molecule has 2 aromatic rings. The molecule has 6 heteroatoms. The van der Waals surface area contributed by atoms with Crippen LogP contribution in [0.4, 0.5) is 5.69 Å². The van der Waals surface area contributed by atoms with Crippen LogP contribution in [0.2, 0.25) is 5.02 Å². The van der Waals surface area contributed by atoms with Crippen LogP contribution < -0.4 is 15.4 Å². The van der Waals surface area contributed by atoms with E-state index in [9.17, 15) is 9.59 Å². The van der Waals surface area contributed by atoms with Crippen molar-refractivity contribution in [1.29, 1.82) is 0 Å². The van der Waals surface area contributed by atoms with Gasteiger partial charge in [-0.3, -0.25) is 9.59 Å². The van der Waals surface area contributed by atoms with Crippen molar-refractivity contribution in [2.75, 3.05) is 11.4 Å². The Bertz CT molecular complexity index is 729. The van der Waals surface area contributed by atoms with Gasteiger partial charge in [0.25, 0.3) is 5.91 Å². The predicted octanol–water partition coefficient (Wildman–Crippen LogP) is 2.62. The molecule has 1 atom stereocenters. The molecule has 3 rings (SSSR count). The van der Waals surface area contributed by atoms with Gasteiger partial charge >= 0.3 is 0 Å². The predicted molar refractivity (Wildman–Crippen MR) is 87.8 cm³/mol. The third-order valence-electron chi connectivity index (χ3n) is 3.71. The van der Waals surface area contributed by atoms with E-state index in [2.05, 4.69) is 0 Å². The molecular weight excluding hydrogens is 316 g/mol. The van der Waals surface area contributed by atoms with Crippen molar-refractivity contribution in [3.63, 3.8) is 0 Å². The number of halogens is 1. The fourth-order valence-corrected chi connectivity index (χ4v) is 2.63. The summed E-state index contributed by atoms with van der Waals surface area (Å²) in [6, 6.07) is 13.6. The Balaban J connectivity index is 1.69. The zero-order valence-corrected chi connectivity index (χ0v) is 13.0. The van der Waals surface area contributed by atoms with Crippen LogP contribution in [0.3, 0.4) is 0 Å². The molecule has 0 spiro atoms. The molecule has 0 aliphatic carbocycles. The van der Waals surface area contributed by atoms with Gasteiger partial charge in [-0.1, -0.05) is 11.6 Å². The number of benzene rings is 2. The molecule has 0 saturated carbocycles. The summed E-state index contributed by atoms with van der Waals surface area (Å²) in [6.45, 7) is 0.588. The van der Waals surface area contributed by atoms with Crippen molar-refractivity contribution in [1.82, 2.24) is 0 Å². The zero-order chi connectivity index (χ0) is 16.4. The molecule has 0 radical (unpaired) electrons. The highest BCUT2D eigenvalue weighted by Crippen LogP contribution is 2.26. The maximum atomic E-state index is 12.5. The monoisotopic (exact) mass is 330 g/mol. The minimum Gasteiger partial charge on any atom is -0.481 e. The molecule has 2 amide bonds. The number of nitrogens with two attached hydrogens (primary N) is 1. The fraction of sp³-hybridized carbons (Fsp3) is 0.176. The van der Waals surface area contributed by atoms with Crippen LogP contribution in [0.1, 0.15) is 16.8 Å². The summed E-state index contributed by atoms with van der Waals surface area (Å²) in [5, 5.41) is 0.628. The Kier molecular flexibility index (Phi) is 4.21. The molecule has 1 aliphatic rings. The SMILES string of the molecule is NC(=O)c1ccc(O[C@H]2CCN(c3ccc(Cl)cc3)C2=O)cc1. The average Bonchev–Trinajstić information content (AvgIpc) is 2.90. The second-order valence-corrected chi connectivity index (χ2v) is 5.69. The average molecular weight is 331 g/mol. The summed E-state index contributed by atoms with van der Waals surface area (Å²) >= 11 is 5.86. The lowest BCUT2D eigenvalue weighted by Gasteiger charge is -2.17. The number of primary amides is 1. The molecule has 1 saturated heterocycles. The summed E-state index contributed by atoms with van der Waals surface area (Å²) in [6.07, 6.45) is 0.0593. The number of ether oxygens (including phenoxy) is 1. The molecule has 118 valence electrons. The van der Waals surface area contributed by atoms with Crippen molar-refractivity contribution >= 4 is 29.1 Å². The third-order valence-corrected chi connectivity index (χ3v) is 3.96. The lowest BCUT2D eigenvalue weighted by molar-refractivity contribution is -0.122. The minimum atomic E-state index is -0.537. The van der Waals surface area contributed by atoms with E-state index in [0.717, 1.165) is 5.69 Å². The molecule has 1 aliphatic heterocycles. The van der Waals surface area contributed by atoms with E-state index >= 15 is 0 Å². The first-order valence-electron chi connectivity index (χ1n) is 7.18. The minimum absolute atomic E-state index is 0.0914. The molecule has 1 fully saturated rings. The topological polar surface area (TPSA) is 72.6 Å². The summed E-state index contributed by atoms with van der Waals surface area (Å²) in [5.41, 5.74) is 6.39. The van der Waals surface area contributed by atoms with Gasteiger partial charge in [-0.05, 0) is 48.5 Å². The molecule has 2 aromatic carbocycles. The van der Waals surface area contributed by atoms with Crippen LogP contribution in [-0.4, -0.2) is 24.5 Å². The number of hydrogen-bond acceptors (Lipinski definition) is 3. The van der Waals surface area contributed by atoms with Gasteiger partial charge in [0.15, 0.2) is 6.10 Å². The third kappa shape index (κ3) is 3.29. The van der Waals surface area contributed by atoms with E-state index < -0.39 is 12.0 Å². The summed E-state index contributed by atoms with van der Waals surface area (Å²) in [5.74, 6) is -0.0555. The second kappa shape index (κ2) is 6.30. The second-order valence-electron chi connectivity index (χ2n) is 5.25. The van der Waals surface area contributed by atoms with E-state index in [0.29, 0.717) is 29.3 Å². The van der Waals surface area contributed by atoms with E-state index in [4.69, 9.17) is 22.1 Å². The number of rotatable bonds is 4. The first-order valence-corrected chi connectivity index (χ1v) is 7.56. The van der Waals surface area contributed by atoms with Crippen molar-refractivity contribution in [3.8, 4) is 5.75 Å². The van der Waals surface area contributed by atoms with E-state index in [1.165, 1.54) is 0 Å². The van der Waals surface area contributed by atoms with Crippen molar-refractivity contribution in [2.24, 2.45) is 5.73 Å². The maximum absolute atomic E-state index is 12.5. The number of carbonyl (C=O) groups is 2. The van der Waals surface area contributed by atoms with Gasteiger partial charge in [0.2, 0.25) is 5.91 Å². The van der Waals surface area contributed by atoms with Crippen molar-refractivity contribution < 1.29 is 14.3 Å². The quantitative estimate of drug-likeness (QED) is 0.936. The normalized spacial score (nSPS) is 17.3. The van der Waals surface area contributed by atoms with Gasteiger partial charge in [-0.15, -0.1) is 0 Å². The largest absolute Gasteiger partial charge is 0.481 e. The molecule has 0 unspecified atom stereocenters. The Morgan fingerprint density at radius 3 is 2.39 bits per heavy atom. The van der Waals surface area contributed by atoms with Gasteiger partial charge in [-0.25, -0.2) is 0 Å². The number of amides is 2. The summed E-state index contributed by atoms with van der Waals surface area (Å²) in [4.78, 5) is 25.2. The van der Waals surface area contributed by atoms with E-state index in [-0.39, 0.29) is 5.91 Å². The Labute approximate surface area is 138 Å². The number of anilines is 1. The van der Waals surface area contributed by atoms with Crippen LogP contribution >= 0.6 is 11.6 Å². The van der Waals surface area contributed by atoms with Crippen LogP contribution in [0.5, 0.6) is 5.75 Å². The number of carbonyl (C=O) groups excluding carboxylic acids is 2. The highest BCUT2D eigenvalue weighted by Gasteiger charge is 2.34. The van der Waals surface area contributed by atoms with Crippen LogP contribution in [-0.2, 0) is 4.79 Å². The Morgan fingerprint density at radius 1 is 1.13 bits per heavy atom. The zero-order valence-electron chi connectivity index (χ0n) is 12.2. The van der Waals surface area contributed by atoms with Gasteiger partial charge in [-0.2, -0.15) is 0 Å².